The van der Waals surface area contributed by atoms with Crippen LogP contribution in [-0.4, -0.2) is 17.9 Å². The number of carbonyl (C=O) groups is 2. The predicted molar refractivity (Wildman–Crippen MR) is 64.3 cm³/mol. The Hall–Kier alpha value is -1.38. The predicted octanol–water partition coefficient (Wildman–Crippen LogP) is 2.42. The topological polar surface area (TPSA) is 43.4 Å². The molecule has 0 aliphatic heterocycles. The molecule has 3 atom stereocenters. The van der Waals surface area contributed by atoms with Gasteiger partial charge >= 0.3 is 5.97 Å². The van der Waals surface area contributed by atoms with Crippen LogP contribution in [0, 0.1) is 11.3 Å². The van der Waals surface area contributed by atoms with Crippen LogP contribution in [0.25, 0.3) is 0 Å². The highest BCUT2D eigenvalue weighted by molar-refractivity contribution is 5.96. The van der Waals surface area contributed by atoms with Crippen molar-refractivity contribution >= 4 is 11.8 Å². The van der Waals surface area contributed by atoms with Crippen molar-refractivity contribution in [3.63, 3.8) is 0 Å². The van der Waals surface area contributed by atoms with Crippen LogP contribution in [-0.2, 0) is 14.3 Å². The number of hydrogen-bond donors (Lipinski definition) is 0. The van der Waals surface area contributed by atoms with Crippen LogP contribution < -0.4 is 0 Å². The minimum Gasteiger partial charge on any atom is -0.454 e. The molecule has 0 heterocycles. The zero-order valence-electron chi connectivity index (χ0n) is 10.5. The molecule has 0 unspecified atom stereocenters. The van der Waals surface area contributed by atoms with Gasteiger partial charge in [0.2, 0.25) is 0 Å². The summed E-state index contributed by atoms with van der Waals surface area (Å²) in [7, 11) is 0. The molecule has 0 bridgehead atoms. The lowest BCUT2D eigenvalue weighted by molar-refractivity contribution is -0.162. The monoisotopic (exact) mass is 234 g/mol. The second-order valence-electron chi connectivity index (χ2n) is 5.32. The maximum Gasteiger partial charge on any atom is 0.303 e. The lowest BCUT2D eigenvalue weighted by Crippen LogP contribution is -2.49. The molecule has 0 fully saturated rings. The first-order chi connectivity index (χ1) is 7.93. The molecule has 3 heteroatoms. The third kappa shape index (κ3) is 2.06. The number of esters is 1. The molecule has 0 aromatic carbocycles. The number of rotatable bonds is 1. The lowest BCUT2D eigenvalue weighted by atomic mass is 9.62. The van der Waals surface area contributed by atoms with Crippen molar-refractivity contribution in [2.24, 2.45) is 11.3 Å². The lowest BCUT2D eigenvalue weighted by Gasteiger charge is -2.45. The molecule has 0 amide bonds. The van der Waals surface area contributed by atoms with Crippen molar-refractivity contribution in [1.29, 1.82) is 0 Å². The van der Waals surface area contributed by atoms with Gasteiger partial charge in [0.25, 0.3) is 0 Å². The standard InChI is InChI=1S/C14H18O3/c1-9-6-7-14(3)11(8-9)4-5-12(16)13(14)17-10(2)15/h4-6,11,13H,7-8H2,1-3H3/t11-,13-,14+/m0/s1. The Kier molecular flexibility index (Phi) is 2.94. The van der Waals surface area contributed by atoms with Gasteiger partial charge in [0.1, 0.15) is 0 Å². The second-order valence-corrected chi connectivity index (χ2v) is 5.32. The molecular formula is C14H18O3. The van der Waals surface area contributed by atoms with Crippen LogP contribution in [0.15, 0.2) is 23.8 Å². The third-order valence-electron chi connectivity index (χ3n) is 3.91. The summed E-state index contributed by atoms with van der Waals surface area (Å²) in [5.41, 5.74) is 1.06. The number of ketones is 1. The molecule has 0 saturated carbocycles. The summed E-state index contributed by atoms with van der Waals surface area (Å²) in [4.78, 5) is 23.0. The maximum absolute atomic E-state index is 11.9. The summed E-state index contributed by atoms with van der Waals surface area (Å²) >= 11 is 0. The molecular weight excluding hydrogens is 216 g/mol. The minimum atomic E-state index is -0.626. The Morgan fingerprint density at radius 2 is 2.24 bits per heavy atom. The largest absolute Gasteiger partial charge is 0.454 e. The van der Waals surface area contributed by atoms with E-state index in [0.29, 0.717) is 0 Å². The van der Waals surface area contributed by atoms with Crippen LogP contribution in [0.3, 0.4) is 0 Å². The molecule has 2 aliphatic carbocycles. The zero-order valence-corrected chi connectivity index (χ0v) is 10.5. The Morgan fingerprint density at radius 1 is 1.53 bits per heavy atom. The molecule has 0 N–H and O–H groups in total. The Bertz CT molecular complexity index is 419. The van der Waals surface area contributed by atoms with Crippen LogP contribution in [0.5, 0.6) is 0 Å². The summed E-state index contributed by atoms with van der Waals surface area (Å²) in [5, 5.41) is 0. The van der Waals surface area contributed by atoms with Gasteiger partial charge in [0, 0.05) is 12.3 Å². The summed E-state index contributed by atoms with van der Waals surface area (Å²) in [6.07, 6.45) is 6.80. The maximum atomic E-state index is 11.9. The van der Waals surface area contributed by atoms with Crippen molar-refractivity contribution in [3.05, 3.63) is 23.8 Å². The molecule has 2 rings (SSSR count). The summed E-state index contributed by atoms with van der Waals surface area (Å²) in [5.74, 6) is -0.189. The van der Waals surface area contributed by atoms with Gasteiger partial charge in [-0.2, -0.15) is 0 Å². The van der Waals surface area contributed by atoms with Crippen LogP contribution in [0.1, 0.15) is 33.6 Å². The van der Waals surface area contributed by atoms with E-state index in [4.69, 9.17) is 4.74 Å². The smallest absolute Gasteiger partial charge is 0.303 e. The molecule has 0 aromatic rings. The van der Waals surface area contributed by atoms with Gasteiger partial charge in [0.05, 0.1) is 0 Å². The van der Waals surface area contributed by atoms with Gasteiger partial charge in [-0.3, -0.25) is 9.59 Å². The fourth-order valence-corrected chi connectivity index (χ4v) is 2.78. The molecule has 92 valence electrons. The fourth-order valence-electron chi connectivity index (χ4n) is 2.78. The highest BCUT2D eigenvalue weighted by atomic mass is 16.5. The van der Waals surface area contributed by atoms with Gasteiger partial charge in [-0.05, 0) is 31.8 Å². The van der Waals surface area contributed by atoms with Crippen LogP contribution in [0.2, 0.25) is 0 Å². The number of carbonyl (C=O) groups excluding carboxylic acids is 2. The number of ether oxygens (including phenoxy) is 1. The number of hydrogen-bond acceptors (Lipinski definition) is 3. The average molecular weight is 234 g/mol. The zero-order chi connectivity index (χ0) is 12.6. The van der Waals surface area contributed by atoms with Gasteiger partial charge in [-0.1, -0.05) is 24.6 Å². The highest BCUT2D eigenvalue weighted by Gasteiger charge is 2.48. The van der Waals surface area contributed by atoms with Crippen molar-refractivity contribution in [2.75, 3.05) is 0 Å². The second kappa shape index (κ2) is 4.13. The van der Waals surface area contributed by atoms with E-state index in [-0.39, 0.29) is 23.1 Å². The van der Waals surface area contributed by atoms with Crippen molar-refractivity contribution in [1.82, 2.24) is 0 Å². The molecule has 0 saturated heterocycles. The van der Waals surface area contributed by atoms with E-state index in [9.17, 15) is 9.59 Å². The quantitative estimate of drug-likeness (QED) is 0.517. The van der Waals surface area contributed by atoms with E-state index in [1.807, 2.05) is 13.0 Å². The third-order valence-corrected chi connectivity index (χ3v) is 3.91. The normalized spacial score (nSPS) is 36.2. The van der Waals surface area contributed by atoms with E-state index in [1.165, 1.54) is 12.5 Å². The summed E-state index contributed by atoms with van der Waals surface area (Å²) < 4.78 is 5.24. The van der Waals surface area contributed by atoms with Gasteiger partial charge in [0.15, 0.2) is 11.9 Å². The molecule has 0 aromatic heterocycles. The van der Waals surface area contributed by atoms with Crippen molar-refractivity contribution in [3.8, 4) is 0 Å². The van der Waals surface area contributed by atoms with E-state index < -0.39 is 6.10 Å². The highest BCUT2D eigenvalue weighted by Crippen LogP contribution is 2.47. The van der Waals surface area contributed by atoms with E-state index in [2.05, 4.69) is 13.0 Å². The molecule has 0 spiro atoms. The van der Waals surface area contributed by atoms with E-state index >= 15 is 0 Å². The molecule has 0 radical (unpaired) electrons. The Balaban J connectivity index is 2.34. The molecule has 2 aliphatic rings. The van der Waals surface area contributed by atoms with E-state index in [1.54, 1.807) is 6.08 Å². The van der Waals surface area contributed by atoms with E-state index in [0.717, 1.165) is 12.8 Å². The fraction of sp³-hybridized carbons (Fsp3) is 0.571. The summed E-state index contributed by atoms with van der Waals surface area (Å²) in [6, 6.07) is 0. The van der Waals surface area contributed by atoms with Crippen LogP contribution >= 0.6 is 0 Å². The van der Waals surface area contributed by atoms with Gasteiger partial charge in [-0.25, -0.2) is 0 Å². The Labute approximate surface area is 102 Å². The first-order valence-electron chi connectivity index (χ1n) is 5.98. The first kappa shape index (κ1) is 12.1. The Morgan fingerprint density at radius 3 is 2.88 bits per heavy atom. The van der Waals surface area contributed by atoms with Crippen molar-refractivity contribution in [2.45, 2.75) is 39.7 Å². The molecule has 3 nitrogen and oxygen atoms in total. The molecule has 17 heavy (non-hydrogen) atoms. The minimum absolute atomic E-state index is 0.0908. The van der Waals surface area contributed by atoms with Gasteiger partial charge < -0.3 is 4.74 Å². The summed E-state index contributed by atoms with van der Waals surface area (Å²) in [6.45, 7) is 5.49. The average Bonchev–Trinajstić information content (AvgIpc) is 2.25. The van der Waals surface area contributed by atoms with Gasteiger partial charge in [-0.15, -0.1) is 0 Å². The number of allylic oxidation sites excluding steroid dienone is 3. The van der Waals surface area contributed by atoms with Crippen molar-refractivity contribution < 1.29 is 14.3 Å². The number of fused-ring (bicyclic) bond motifs is 1. The SMILES string of the molecule is CC(=O)O[C@H]1C(=O)C=C[C@H]2CC(C)=CC[C@]21C. The first-order valence-corrected chi connectivity index (χ1v) is 5.98. The van der Waals surface area contributed by atoms with Crippen LogP contribution in [0.4, 0.5) is 0 Å².